The number of carboxylic acids is 1. The summed E-state index contributed by atoms with van der Waals surface area (Å²) in [6.07, 6.45) is 0.975. The van der Waals surface area contributed by atoms with Crippen LogP contribution in [0.5, 0.6) is 0 Å². The maximum Gasteiger partial charge on any atom is 0.408 e. The van der Waals surface area contributed by atoms with Crippen molar-refractivity contribution >= 4 is 24.3 Å². The summed E-state index contributed by atoms with van der Waals surface area (Å²) in [4.78, 5) is 47.1. The number of nitrogens with one attached hydrogen (secondary N) is 2. The van der Waals surface area contributed by atoms with Crippen LogP contribution < -0.4 is 10.6 Å². The first-order valence-corrected chi connectivity index (χ1v) is 9.81. The van der Waals surface area contributed by atoms with Gasteiger partial charge in [-0.05, 0) is 30.9 Å². The smallest absolute Gasteiger partial charge is 0.408 e. The van der Waals surface area contributed by atoms with Crippen molar-refractivity contribution in [1.29, 1.82) is 0 Å². The van der Waals surface area contributed by atoms with Gasteiger partial charge in [0.15, 0.2) is 0 Å². The van der Waals surface area contributed by atoms with Crippen molar-refractivity contribution in [3.63, 3.8) is 0 Å². The molecule has 31 heavy (non-hydrogen) atoms. The normalized spacial score (nSPS) is 13.3. The Bertz CT molecular complexity index is 872. The summed E-state index contributed by atoms with van der Waals surface area (Å²) in [5, 5.41) is 14.3. The van der Waals surface area contributed by atoms with Crippen molar-refractivity contribution < 1.29 is 29.0 Å². The number of carbonyl (C=O) groups is 3. The summed E-state index contributed by atoms with van der Waals surface area (Å²) in [6, 6.07) is 15.9. The number of carboxylic acid groups (broad SMARTS) is 1. The topological polar surface area (TPSA) is 122 Å². The van der Waals surface area contributed by atoms with Crippen LogP contribution >= 0.6 is 0 Å². The van der Waals surface area contributed by atoms with E-state index < -0.39 is 36.0 Å². The van der Waals surface area contributed by atoms with Gasteiger partial charge in [0.05, 0.1) is 12.0 Å². The van der Waals surface area contributed by atoms with Gasteiger partial charge in [-0.2, -0.15) is 0 Å². The van der Waals surface area contributed by atoms with Gasteiger partial charge in [-0.1, -0.05) is 60.7 Å². The third-order valence-electron chi connectivity index (χ3n) is 4.59. The largest absolute Gasteiger partial charge is 0.481 e. The van der Waals surface area contributed by atoms with Crippen molar-refractivity contribution in [1.82, 2.24) is 10.6 Å². The summed E-state index contributed by atoms with van der Waals surface area (Å²) in [7, 11) is 0. The second kappa shape index (κ2) is 12.1. The summed E-state index contributed by atoms with van der Waals surface area (Å²) in [6.45, 7) is 1.48. The molecule has 0 heterocycles. The van der Waals surface area contributed by atoms with E-state index in [0.717, 1.165) is 11.1 Å². The molecule has 2 amide bonds. The van der Waals surface area contributed by atoms with E-state index in [1.54, 1.807) is 42.7 Å². The Kier molecular flexibility index (Phi) is 9.22. The van der Waals surface area contributed by atoms with Crippen molar-refractivity contribution in [3.05, 3.63) is 71.8 Å². The first-order chi connectivity index (χ1) is 14.9. The van der Waals surface area contributed by atoms with Gasteiger partial charge in [-0.3, -0.25) is 14.4 Å². The van der Waals surface area contributed by atoms with Crippen LogP contribution in [0.3, 0.4) is 0 Å². The summed E-state index contributed by atoms with van der Waals surface area (Å²) in [5.74, 6) is -2.60. The standard InChI is InChI=1S/C23H25N2O6/c1-16(24-23(30)31-15-18-10-6-3-7-11-18)21(27)25-20(14-26)13-19(22(28)29)12-17-8-4-2-5-9-17/h2-11,16,19-20H,12-13,15H2,1H3,(H,24,30)(H,25,27)(H,28,29)/t16-,19?,20-/m0/s1. The first-order valence-electron chi connectivity index (χ1n) is 9.81. The molecular formula is C23H25N2O6. The fraction of sp³-hybridized carbons (Fsp3) is 0.304. The molecule has 2 rings (SSSR count). The Balaban J connectivity index is 1.84. The number of carbonyl (C=O) groups excluding carboxylic acids is 3. The van der Waals surface area contributed by atoms with Crippen molar-refractivity contribution in [2.75, 3.05) is 0 Å². The molecule has 163 valence electrons. The van der Waals surface area contributed by atoms with Crippen LogP contribution in [0.4, 0.5) is 4.79 Å². The van der Waals surface area contributed by atoms with E-state index in [0.29, 0.717) is 0 Å². The Labute approximate surface area is 180 Å². The van der Waals surface area contributed by atoms with Gasteiger partial charge in [0.2, 0.25) is 12.2 Å². The van der Waals surface area contributed by atoms with Crippen molar-refractivity contribution in [2.45, 2.75) is 38.5 Å². The number of rotatable bonds is 11. The van der Waals surface area contributed by atoms with Crippen LogP contribution in [0, 0.1) is 5.92 Å². The van der Waals surface area contributed by atoms with Crippen LogP contribution in [0.15, 0.2) is 60.7 Å². The van der Waals surface area contributed by atoms with E-state index in [1.807, 2.05) is 24.3 Å². The summed E-state index contributed by atoms with van der Waals surface area (Å²) < 4.78 is 5.06. The fourth-order valence-corrected chi connectivity index (χ4v) is 2.89. The van der Waals surface area contributed by atoms with E-state index in [1.165, 1.54) is 6.92 Å². The number of ether oxygens (including phenoxy) is 1. The Morgan fingerprint density at radius 1 is 0.968 bits per heavy atom. The van der Waals surface area contributed by atoms with Crippen LogP contribution in [0.2, 0.25) is 0 Å². The van der Waals surface area contributed by atoms with Gasteiger partial charge < -0.3 is 20.5 Å². The predicted molar refractivity (Wildman–Crippen MR) is 113 cm³/mol. The molecule has 0 saturated heterocycles. The number of benzene rings is 2. The molecule has 1 radical (unpaired) electrons. The zero-order valence-electron chi connectivity index (χ0n) is 17.1. The van der Waals surface area contributed by atoms with Crippen LogP contribution in [0.25, 0.3) is 0 Å². The second-order valence-corrected chi connectivity index (χ2v) is 7.07. The molecule has 0 aliphatic heterocycles. The number of hydrogen-bond acceptors (Lipinski definition) is 5. The minimum Gasteiger partial charge on any atom is -0.481 e. The average Bonchev–Trinajstić information content (AvgIpc) is 2.77. The third-order valence-corrected chi connectivity index (χ3v) is 4.59. The number of hydrogen-bond donors (Lipinski definition) is 3. The molecule has 0 fully saturated rings. The van der Waals surface area contributed by atoms with Gasteiger partial charge in [-0.15, -0.1) is 0 Å². The van der Waals surface area contributed by atoms with E-state index in [-0.39, 0.29) is 19.4 Å². The lowest BCUT2D eigenvalue weighted by molar-refractivity contribution is -0.142. The molecule has 2 aromatic carbocycles. The molecule has 8 nitrogen and oxygen atoms in total. The van der Waals surface area contributed by atoms with Gasteiger partial charge in [0.25, 0.3) is 0 Å². The molecule has 0 aromatic heterocycles. The molecule has 2 aromatic rings. The van der Waals surface area contributed by atoms with Crippen molar-refractivity contribution in [3.8, 4) is 0 Å². The second-order valence-electron chi connectivity index (χ2n) is 7.07. The Hall–Kier alpha value is -3.68. The van der Waals surface area contributed by atoms with E-state index in [4.69, 9.17) is 4.74 Å². The Morgan fingerprint density at radius 2 is 1.55 bits per heavy atom. The molecule has 0 spiro atoms. The van der Waals surface area contributed by atoms with E-state index >= 15 is 0 Å². The van der Waals surface area contributed by atoms with Gasteiger partial charge in [0.1, 0.15) is 12.6 Å². The van der Waals surface area contributed by atoms with Gasteiger partial charge in [-0.25, -0.2) is 4.79 Å². The fourth-order valence-electron chi connectivity index (χ4n) is 2.89. The van der Waals surface area contributed by atoms with E-state index in [9.17, 15) is 24.3 Å². The predicted octanol–water partition coefficient (Wildman–Crippen LogP) is 2.23. The highest BCUT2D eigenvalue weighted by atomic mass is 16.5. The zero-order chi connectivity index (χ0) is 22.6. The van der Waals surface area contributed by atoms with Crippen LogP contribution in [0.1, 0.15) is 24.5 Å². The highest BCUT2D eigenvalue weighted by Gasteiger charge is 2.26. The first kappa shape index (κ1) is 23.6. The molecule has 8 heteroatoms. The molecule has 0 saturated carbocycles. The van der Waals surface area contributed by atoms with Crippen LogP contribution in [-0.2, 0) is 32.1 Å². The minimum absolute atomic E-state index is 0.0472. The molecular weight excluding hydrogens is 400 g/mol. The summed E-state index contributed by atoms with van der Waals surface area (Å²) in [5.41, 5.74) is 1.60. The number of aliphatic carboxylic acids is 1. The lowest BCUT2D eigenvalue weighted by Crippen LogP contribution is -2.49. The SMILES string of the molecule is C[C@H](NC(=O)OCc1ccccc1)C(=O)N[C@H]([C]=O)CC(Cc1ccccc1)C(=O)O. The molecule has 0 aliphatic carbocycles. The minimum atomic E-state index is -1.12. The van der Waals surface area contributed by atoms with Gasteiger partial charge >= 0.3 is 12.1 Å². The zero-order valence-corrected chi connectivity index (χ0v) is 17.1. The van der Waals surface area contributed by atoms with E-state index in [2.05, 4.69) is 10.6 Å². The Morgan fingerprint density at radius 3 is 2.10 bits per heavy atom. The average molecular weight is 425 g/mol. The lowest BCUT2D eigenvalue weighted by atomic mass is 9.93. The molecule has 3 atom stereocenters. The lowest BCUT2D eigenvalue weighted by Gasteiger charge is -2.20. The molecule has 0 aliphatic rings. The van der Waals surface area contributed by atoms with Gasteiger partial charge in [0, 0.05) is 0 Å². The number of amides is 2. The highest BCUT2D eigenvalue weighted by molar-refractivity contribution is 5.87. The molecule has 0 bridgehead atoms. The highest BCUT2D eigenvalue weighted by Crippen LogP contribution is 2.14. The maximum absolute atomic E-state index is 12.3. The van der Waals surface area contributed by atoms with Crippen molar-refractivity contribution in [2.24, 2.45) is 5.92 Å². The maximum atomic E-state index is 12.3. The van der Waals surface area contributed by atoms with Crippen LogP contribution in [-0.4, -0.2) is 41.4 Å². The molecule has 1 unspecified atom stereocenters. The molecule has 3 N–H and O–H groups in total. The quantitative estimate of drug-likeness (QED) is 0.508. The number of alkyl carbamates (subject to hydrolysis) is 1. The summed E-state index contributed by atoms with van der Waals surface area (Å²) >= 11 is 0. The monoisotopic (exact) mass is 425 g/mol. The third kappa shape index (κ3) is 8.30.